The van der Waals surface area contributed by atoms with Gasteiger partial charge in [-0.05, 0) is 0 Å². The number of halogens is 17. The van der Waals surface area contributed by atoms with Crippen LogP contribution in [0.5, 0.6) is 0 Å². The summed E-state index contributed by atoms with van der Waals surface area (Å²) in [5.41, 5.74) is 0. The van der Waals surface area contributed by atoms with Gasteiger partial charge in [0.2, 0.25) is 0 Å². The molecule has 1 atom stereocenters. The second kappa shape index (κ2) is 17.3. The van der Waals surface area contributed by atoms with Crippen LogP contribution in [0.2, 0.25) is 0 Å². The van der Waals surface area contributed by atoms with Crippen molar-refractivity contribution in [3.63, 3.8) is 0 Å². The van der Waals surface area contributed by atoms with E-state index in [0.29, 0.717) is 0 Å². The molecular weight excluding hydrogens is 726 g/mol. The minimum Gasteiger partial charge on any atom is -0.691 e. The van der Waals surface area contributed by atoms with Gasteiger partial charge in [-0.2, -0.15) is 80.0 Å². The predicted molar refractivity (Wildman–Crippen MR) is 97.8 cm³/mol. The first kappa shape index (κ1) is 46.0. The summed E-state index contributed by atoms with van der Waals surface area (Å²) in [6.07, 6.45) is -18.8. The molecule has 0 saturated carbocycles. The van der Waals surface area contributed by atoms with Crippen LogP contribution in [0, 0.1) is 5.92 Å². The molecule has 0 aromatic heterocycles. The number of rotatable bonds is 20. The Labute approximate surface area is 264 Å². The van der Waals surface area contributed by atoms with Gasteiger partial charge < -0.3 is 5.26 Å². The Kier molecular flexibility index (Phi) is 17.7. The SMILES string of the molecule is O=C(CC(CSOO[O-])C(=O)OOCCC(F)(F)C(F)(F)C(F)(F)C(F)(F)F)OOCCC(F)(F)C(F)(F)C(F)(F)C(F)F.[Na+]. The maximum Gasteiger partial charge on any atom is 1.00 e. The van der Waals surface area contributed by atoms with E-state index in [-0.39, 0.29) is 41.6 Å². The maximum absolute atomic E-state index is 13.4. The number of alkyl halides is 17. The van der Waals surface area contributed by atoms with Crippen LogP contribution < -0.4 is 34.8 Å². The largest absolute Gasteiger partial charge is 1.00 e. The molecule has 0 heterocycles. The van der Waals surface area contributed by atoms with Crippen LogP contribution in [0.25, 0.3) is 0 Å². The minimum absolute atomic E-state index is 0. The fourth-order valence-corrected chi connectivity index (χ4v) is 2.81. The molecule has 0 fully saturated rings. The molecule has 0 bridgehead atoms. The van der Waals surface area contributed by atoms with Crippen LogP contribution in [0.3, 0.4) is 0 Å². The van der Waals surface area contributed by atoms with Gasteiger partial charge in [0.1, 0.15) is 13.2 Å². The molecule has 262 valence electrons. The van der Waals surface area contributed by atoms with Crippen molar-refractivity contribution in [2.45, 2.75) is 67.4 Å². The van der Waals surface area contributed by atoms with Gasteiger partial charge in [0.25, 0.3) is 0 Å². The molecule has 0 aromatic rings. The average molecular weight is 740 g/mol. The Bertz CT molecular complexity index is 940. The van der Waals surface area contributed by atoms with E-state index in [0.717, 1.165) is 0 Å². The van der Waals surface area contributed by atoms with E-state index in [1.54, 1.807) is 0 Å². The van der Waals surface area contributed by atoms with Crippen LogP contribution in [0.15, 0.2) is 0 Å². The zero-order chi connectivity index (χ0) is 35.0. The molecule has 28 heteroatoms. The Morgan fingerprint density at radius 1 is 0.689 bits per heavy atom. The van der Waals surface area contributed by atoms with Gasteiger partial charge in [-0.3, -0.25) is 14.8 Å². The summed E-state index contributed by atoms with van der Waals surface area (Å²) in [5.74, 6) is -46.2. The van der Waals surface area contributed by atoms with E-state index in [9.17, 15) is 89.5 Å². The summed E-state index contributed by atoms with van der Waals surface area (Å²) in [7, 11) is 0. The predicted octanol–water partition coefficient (Wildman–Crippen LogP) is 2.24. The molecule has 0 radical (unpaired) electrons. The molecule has 0 amide bonds. The number of carbonyl (C=O) groups excluding carboxylic acids is 2. The molecular formula is C17H14F17NaO9S. The summed E-state index contributed by atoms with van der Waals surface area (Å²) in [5, 5.41) is 12.6. The first-order valence-corrected chi connectivity index (χ1v) is 11.4. The van der Waals surface area contributed by atoms with Gasteiger partial charge >= 0.3 is 89.6 Å². The van der Waals surface area contributed by atoms with E-state index < -0.39 is 104 Å². The second-order valence-electron chi connectivity index (χ2n) is 7.88. The summed E-state index contributed by atoms with van der Waals surface area (Å²) in [4.78, 5) is 38.6. The quantitative estimate of drug-likeness (QED) is 0.0461. The van der Waals surface area contributed by atoms with E-state index in [2.05, 4.69) is 28.9 Å². The summed E-state index contributed by atoms with van der Waals surface area (Å²) in [6, 6.07) is 0. The molecule has 0 N–H and O–H groups in total. The van der Waals surface area contributed by atoms with E-state index in [4.69, 9.17) is 0 Å². The van der Waals surface area contributed by atoms with E-state index in [1.165, 1.54) is 0 Å². The van der Waals surface area contributed by atoms with Crippen molar-refractivity contribution in [1.29, 1.82) is 0 Å². The first-order valence-electron chi connectivity index (χ1n) is 10.5. The van der Waals surface area contributed by atoms with Crippen molar-refractivity contribution < 1.29 is 148 Å². The van der Waals surface area contributed by atoms with Crippen molar-refractivity contribution >= 4 is 24.0 Å². The van der Waals surface area contributed by atoms with Gasteiger partial charge in [-0.25, -0.2) is 18.4 Å². The Hall–Kier alpha value is -1.10. The Balaban J connectivity index is 0. The van der Waals surface area contributed by atoms with E-state index >= 15 is 0 Å². The van der Waals surface area contributed by atoms with Gasteiger partial charge in [0, 0.05) is 30.6 Å². The summed E-state index contributed by atoms with van der Waals surface area (Å²) < 4.78 is 221. The molecule has 0 spiro atoms. The smallest absolute Gasteiger partial charge is 0.691 e. The van der Waals surface area contributed by atoms with Crippen LogP contribution in [0.1, 0.15) is 19.3 Å². The molecule has 0 rings (SSSR count). The third-order valence-corrected chi connectivity index (χ3v) is 5.44. The molecule has 9 nitrogen and oxygen atoms in total. The fraction of sp³-hybridized carbons (Fsp3) is 0.882. The number of hydrogen-bond acceptors (Lipinski definition) is 10. The molecule has 0 saturated heterocycles. The van der Waals surface area contributed by atoms with Gasteiger partial charge in [0.15, 0.2) is 0 Å². The average Bonchev–Trinajstić information content (AvgIpc) is 2.87. The number of hydrogen-bond donors (Lipinski definition) is 0. The van der Waals surface area contributed by atoms with Gasteiger partial charge in [-0.1, -0.05) is 0 Å². The summed E-state index contributed by atoms with van der Waals surface area (Å²) in [6.45, 7) is -3.85. The number of carbonyl (C=O) groups is 2. The monoisotopic (exact) mass is 740 g/mol. The molecule has 45 heavy (non-hydrogen) atoms. The van der Waals surface area contributed by atoms with Crippen molar-refractivity contribution in [2.75, 3.05) is 19.0 Å². The van der Waals surface area contributed by atoms with Crippen LogP contribution in [-0.2, 0) is 38.5 Å². The van der Waals surface area contributed by atoms with E-state index in [1.807, 2.05) is 0 Å². The standard InChI is InChI=1S/C17H15F17O9S.Na/c18-10(19)13(24,25)14(26,27)11(20,21)1-3-38-40-8(35)5-7(6-44-43-42-37)9(36)41-39-4-2-12(22,23)15(28,29)16(30,31)17(32,33)34;/h7,10,37H,1-6H2;/q;+1/p-1. The fourth-order valence-electron chi connectivity index (χ4n) is 2.29. The molecule has 0 aliphatic carbocycles. The minimum atomic E-state index is -7.23. The van der Waals surface area contributed by atoms with Crippen LogP contribution in [0.4, 0.5) is 74.6 Å². The van der Waals surface area contributed by atoms with Crippen molar-refractivity contribution in [1.82, 2.24) is 0 Å². The zero-order valence-electron chi connectivity index (χ0n) is 21.4. The van der Waals surface area contributed by atoms with Gasteiger partial charge in [-0.15, -0.1) is 0 Å². The molecule has 1 unspecified atom stereocenters. The Morgan fingerprint density at radius 2 is 1.13 bits per heavy atom. The van der Waals surface area contributed by atoms with Crippen molar-refractivity contribution in [3.05, 3.63) is 0 Å². The normalized spacial score (nSPS) is 14.6. The second-order valence-corrected chi connectivity index (χ2v) is 8.58. The van der Waals surface area contributed by atoms with Crippen LogP contribution >= 0.6 is 12.0 Å². The van der Waals surface area contributed by atoms with Crippen molar-refractivity contribution in [2.24, 2.45) is 5.92 Å². The van der Waals surface area contributed by atoms with Gasteiger partial charge in [0.05, 0.1) is 12.3 Å². The third-order valence-electron chi connectivity index (χ3n) is 4.74. The molecule has 0 aliphatic rings. The maximum atomic E-state index is 13.4. The Morgan fingerprint density at radius 3 is 1.56 bits per heavy atom. The van der Waals surface area contributed by atoms with Crippen LogP contribution in [-0.4, -0.2) is 79.0 Å². The zero-order valence-corrected chi connectivity index (χ0v) is 24.2. The summed E-state index contributed by atoms with van der Waals surface area (Å²) >= 11 is -0.141. The first-order chi connectivity index (χ1) is 19.6. The van der Waals surface area contributed by atoms with Crippen molar-refractivity contribution in [3.8, 4) is 0 Å². The molecule has 0 aromatic carbocycles. The molecule has 0 aliphatic heterocycles. The third kappa shape index (κ3) is 11.5. The topological polar surface area (TPSA) is 113 Å².